The van der Waals surface area contributed by atoms with E-state index in [9.17, 15) is 9.59 Å². The Morgan fingerprint density at radius 1 is 1.26 bits per heavy atom. The first kappa shape index (κ1) is 14.4. The molecule has 2 N–H and O–H groups in total. The molecule has 0 bridgehead atoms. The topological polar surface area (TPSA) is 73.7 Å². The van der Waals surface area contributed by atoms with E-state index in [2.05, 4.69) is 11.9 Å². The van der Waals surface area contributed by atoms with Gasteiger partial charge in [-0.1, -0.05) is 0 Å². The Kier molecular flexibility index (Phi) is 3.67. The molecule has 0 spiro atoms. The molecule has 95 valence electrons. The number of aromatic amines is 1. The van der Waals surface area contributed by atoms with Crippen molar-refractivity contribution in [2.24, 2.45) is 5.41 Å². The molecule has 1 aliphatic carbocycles. The molecular weight excluding hydrogens is 317 g/mol. The molecule has 1 radical (unpaired) electrons. The monoisotopic (exact) mass is 329 g/mol. The van der Waals surface area contributed by atoms with Crippen LogP contribution in [0.25, 0.3) is 16.6 Å². The summed E-state index contributed by atoms with van der Waals surface area (Å²) >= 11 is 0. The van der Waals surface area contributed by atoms with Crippen molar-refractivity contribution in [1.82, 2.24) is 4.98 Å². The Hall–Kier alpha value is -0.996. The third-order valence-electron chi connectivity index (χ3n) is 3.58. The molecule has 2 aromatic rings. The van der Waals surface area contributed by atoms with Crippen molar-refractivity contribution >= 4 is 16.8 Å². The Bertz CT molecular complexity index is 723. The summed E-state index contributed by atoms with van der Waals surface area (Å²) in [5, 5.41) is 0.940. The number of pyridine rings is 1. The van der Waals surface area contributed by atoms with Gasteiger partial charge in [-0.3, -0.25) is 4.79 Å². The van der Waals surface area contributed by atoms with Crippen molar-refractivity contribution < 1.29 is 37.5 Å². The molecular formula is C14H12N2O2Y-2. The smallest absolute Gasteiger partial charge is 0.248 e. The van der Waals surface area contributed by atoms with Crippen molar-refractivity contribution in [1.29, 1.82) is 0 Å². The van der Waals surface area contributed by atoms with Crippen LogP contribution >= 0.6 is 0 Å². The minimum Gasteiger partial charge on any atom is -0.670 e. The van der Waals surface area contributed by atoms with Crippen LogP contribution in [0.2, 0.25) is 0 Å². The predicted octanol–water partition coefficient (Wildman–Crippen LogP) is 2.02. The van der Waals surface area contributed by atoms with Crippen LogP contribution in [-0.4, -0.2) is 10.9 Å². The standard InChI is InChI=1S/C14H13N2O2.Y/c1-14(13(15)18)6-9-4-8-2-3-12(17)16-11(8)5-10(9)7-14;/h2-5H,1,6-7H2,(H3,15,16,17,18);/q-1;/p-1. The molecule has 0 aliphatic heterocycles. The van der Waals surface area contributed by atoms with Gasteiger partial charge in [-0.15, -0.1) is 5.41 Å². The van der Waals surface area contributed by atoms with Gasteiger partial charge in [-0.2, -0.15) is 0 Å². The van der Waals surface area contributed by atoms with Crippen molar-refractivity contribution in [2.75, 3.05) is 0 Å². The summed E-state index contributed by atoms with van der Waals surface area (Å²) in [4.78, 5) is 25.4. The number of hydrogen-bond donors (Lipinski definition) is 1. The van der Waals surface area contributed by atoms with Crippen molar-refractivity contribution in [3.05, 3.63) is 58.4 Å². The Morgan fingerprint density at radius 3 is 2.53 bits per heavy atom. The number of amides is 1. The number of carbonyl (C=O) groups is 1. The van der Waals surface area contributed by atoms with Gasteiger partial charge in [0.15, 0.2) is 0 Å². The van der Waals surface area contributed by atoms with Gasteiger partial charge in [0.1, 0.15) is 0 Å². The molecule has 1 unspecified atom stereocenters. The Morgan fingerprint density at radius 2 is 1.89 bits per heavy atom. The summed E-state index contributed by atoms with van der Waals surface area (Å²) < 4.78 is 0. The fourth-order valence-electron chi connectivity index (χ4n) is 2.58. The maximum absolute atomic E-state index is 11.3. The number of carbonyl (C=O) groups excluding carboxylic acids is 1. The van der Waals surface area contributed by atoms with E-state index < -0.39 is 11.3 Å². The van der Waals surface area contributed by atoms with Crippen molar-refractivity contribution in [2.45, 2.75) is 12.8 Å². The maximum atomic E-state index is 11.3. The first-order chi connectivity index (χ1) is 8.48. The van der Waals surface area contributed by atoms with Gasteiger partial charge in [0.05, 0.1) is 0 Å². The summed E-state index contributed by atoms with van der Waals surface area (Å²) in [6.45, 7) is 3.88. The van der Waals surface area contributed by atoms with Gasteiger partial charge in [0, 0.05) is 50.2 Å². The fourth-order valence-corrected chi connectivity index (χ4v) is 2.58. The molecule has 1 amide bonds. The molecule has 1 atom stereocenters. The van der Waals surface area contributed by atoms with Gasteiger partial charge in [0.25, 0.3) is 0 Å². The van der Waals surface area contributed by atoms with Crippen LogP contribution in [0.3, 0.4) is 0 Å². The van der Waals surface area contributed by atoms with Crippen LogP contribution in [0.1, 0.15) is 11.1 Å². The van der Waals surface area contributed by atoms with Crippen molar-refractivity contribution in [3.8, 4) is 0 Å². The molecule has 4 nitrogen and oxygen atoms in total. The predicted molar refractivity (Wildman–Crippen MR) is 69.1 cm³/mol. The van der Waals surface area contributed by atoms with E-state index in [4.69, 9.17) is 5.73 Å². The van der Waals surface area contributed by atoms with Crippen LogP contribution in [0, 0.1) is 12.3 Å². The average Bonchev–Trinajstić information content (AvgIpc) is 2.62. The molecule has 1 aromatic heterocycles. The van der Waals surface area contributed by atoms with Crippen LogP contribution in [0.4, 0.5) is 0 Å². The molecule has 19 heavy (non-hydrogen) atoms. The number of nitrogens with one attached hydrogen (secondary N) is 2. The summed E-state index contributed by atoms with van der Waals surface area (Å²) in [7, 11) is 0. The second-order valence-electron chi connectivity index (χ2n) is 4.99. The summed E-state index contributed by atoms with van der Waals surface area (Å²) in [5.74, 6) is -0.628. The van der Waals surface area contributed by atoms with Gasteiger partial charge in [0.2, 0.25) is 5.56 Å². The zero-order valence-electron chi connectivity index (χ0n) is 10.3. The molecule has 0 fully saturated rings. The van der Waals surface area contributed by atoms with E-state index in [1.54, 1.807) is 6.07 Å². The van der Waals surface area contributed by atoms with E-state index in [0.29, 0.717) is 12.8 Å². The molecule has 5 heteroatoms. The normalized spacial score (nSPS) is 20.9. The summed E-state index contributed by atoms with van der Waals surface area (Å²) in [5.41, 5.74) is 9.11. The van der Waals surface area contributed by atoms with Crippen LogP contribution in [-0.2, 0) is 50.3 Å². The Labute approximate surface area is 135 Å². The maximum Gasteiger partial charge on any atom is 0.248 e. The zero-order valence-corrected chi connectivity index (χ0v) is 13.2. The van der Waals surface area contributed by atoms with E-state index in [-0.39, 0.29) is 38.3 Å². The molecule has 1 aliphatic rings. The molecule has 1 aromatic carbocycles. The van der Waals surface area contributed by atoms with Crippen LogP contribution < -0.4 is 5.56 Å². The molecule has 0 saturated carbocycles. The number of hydrogen-bond acceptors (Lipinski definition) is 2. The first-order valence-corrected chi connectivity index (χ1v) is 5.74. The number of benzene rings is 1. The minimum absolute atomic E-state index is 0. The largest absolute Gasteiger partial charge is 0.670 e. The quantitative estimate of drug-likeness (QED) is 0.813. The van der Waals surface area contributed by atoms with E-state index in [0.717, 1.165) is 22.0 Å². The summed E-state index contributed by atoms with van der Waals surface area (Å²) in [6, 6.07) is 7.11. The van der Waals surface area contributed by atoms with Crippen molar-refractivity contribution in [3.63, 3.8) is 0 Å². The Balaban J connectivity index is 0.00000133. The van der Waals surface area contributed by atoms with Gasteiger partial charge in [-0.05, 0) is 47.6 Å². The number of rotatable bonds is 1. The molecule has 0 saturated heterocycles. The second-order valence-corrected chi connectivity index (χ2v) is 4.99. The third-order valence-corrected chi connectivity index (χ3v) is 3.58. The SMILES string of the molecule is [CH2-]C1(C([NH-])=O)Cc2cc3ccc(=O)[nH]c3cc2C1.[Y]. The summed E-state index contributed by atoms with van der Waals surface area (Å²) in [6.07, 6.45) is 0.970. The van der Waals surface area contributed by atoms with E-state index in [1.165, 1.54) is 6.07 Å². The van der Waals surface area contributed by atoms with Gasteiger partial charge < -0.3 is 22.4 Å². The van der Waals surface area contributed by atoms with E-state index in [1.807, 2.05) is 12.1 Å². The number of fused-ring (bicyclic) bond motifs is 2. The third kappa shape index (κ3) is 2.39. The average molecular weight is 329 g/mol. The molecule has 1 heterocycles. The zero-order chi connectivity index (χ0) is 12.9. The van der Waals surface area contributed by atoms with E-state index >= 15 is 0 Å². The molecule has 3 rings (SSSR count). The fraction of sp³-hybridized carbons (Fsp3) is 0.214. The minimum atomic E-state index is -0.861. The van der Waals surface area contributed by atoms with Gasteiger partial charge >= 0.3 is 0 Å². The first-order valence-electron chi connectivity index (χ1n) is 5.74. The number of aromatic nitrogens is 1. The van der Waals surface area contributed by atoms with Gasteiger partial charge in [-0.25, -0.2) is 0 Å². The second kappa shape index (κ2) is 4.84. The number of H-pyrrole nitrogens is 1. The van der Waals surface area contributed by atoms with Crippen LogP contribution in [0.5, 0.6) is 0 Å². The van der Waals surface area contributed by atoms with Crippen LogP contribution in [0.15, 0.2) is 29.1 Å².